The number of ether oxygens (including phenoxy) is 1. The number of carbonyl (C=O) groups excluding carboxylic acids is 1. The van der Waals surface area contributed by atoms with Crippen LogP contribution < -0.4 is 10.1 Å². The van der Waals surface area contributed by atoms with Gasteiger partial charge < -0.3 is 14.6 Å². The lowest BCUT2D eigenvalue weighted by Crippen LogP contribution is -2.22. The fraction of sp³-hybridized carbons (Fsp3) is 0.111. The molecule has 1 aromatic heterocycles. The van der Waals surface area contributed by atoms with Crippen molar-refractivity contribution in [1.29, 1.82) is 0 Å². The molecule has 3 aromatic rings. The molecule has 0 saturated carbocycles. The van der Waals surface area contributed by atoms with Gasteiger partial charge in [0.25, 0.3) is 0 Å². The van der Waals surface area contributed by atoms with Gasteiger partial charge in [0.05, 0.1) is 0 Å². The summed E-state index contributed by atoms with van der Waals surface area (Å²) in [5.74, 6) is 1.30. The Hall–Kier alpha value is -3.08. The molecule has 1 aliphatic rings. The number of fused-ring (bicyclic) bond motifs is 1. The second kappa shape index (κ2) is 5.61. The maximum Gasteiger partial charge on any atom is 0.236 e. The molecule has 0 unspecified atom stereocenters. The summed E-state index contributed by atoms with van der Waals surface area (Å²) in [4.78, 5) is 12.5. The quantitative estimate of drug-likeness (QED) is 0.805. The molecule has 2 heterocycles. The molecule has 5 heteroatoms. The maximum absolute atomic E-state index is 12.5. The van der Waals surface area contributed by atoms with Crippen LogP contribution in [0.15, 0.2) is 65.2 Å². The highest BCUT2D eigenvalue weighted by Gasteiger charge is 2.30. The zero-order valence-corrected chi connectivity index (χ0v) is 12.2. The van der Waals surface area contributed by atoms with E-state index < -0.39 is 0 Å². The number of benzene rings is 2. The number of nitrogens with zero attached hydrogens (tertiary/aromatic N) is 1. The molecule has 5 nitrogen and oxygen atoms in total. The molecule has 0 spiro atoms. The van der Waals surface area contributed by atoms with Gasteiger partial charge in [-0.15, -0.1) is 0 Å². The molecule has 2 aromatic carbocycles. The summed E-state index contributed by atoms with van der Waals surface area (Å²) in [5, 5.41) is 6.70. The number of nitrogens with one attached hydrogen (secondary N) is 1. The van der Waals surface area contributed by atoms with E-state index in [2.05, 4.69) is 10.5 Å². The van der Waals surface area contributed by atoms with Gasteiger partial charge in [0.2, 0.25) is 5.91 Å². The molecule has 0 saturated heterocycles. The highest BCUT2D eigenvalue weighted by Crippen LogP contribution is 2.34. The Balaban J connectivity index is 1.51. The first-order valence-electron chi connectivity index (χ1n) is 7.36. The van der Waals surface area contributed by atoms with Gasteiger partial charge in [-0.3, -0.25) is 4.79 Å². The van der Waals surface area contributed by atoms with Crippen LogP contribution in [0.4, 0.5) is 5.82 Å². The molecule has 1 amide bonds. The Bertz CT molecular complexity index is 842. The van der Waals surface area contributed by atoms with Crippen LogP contribution in [0.1, 0.15) is 11.5 Å². The van der Waals surface area contributed by atoms with Gasteiger partial charge in [-0.25, -0.2) is 0 Å². The van der Waals surface area contributed by atoms with Crippen LogP contribution in [0.5, 0.6) is 5.75 Å². The molecule has 0 bridgehead atoms. The van der Waals surface area contributed by atoms with E-state index in [0.29, 0.717) is 18.2 Å². The Morgan fingerprint density at radius 1 is 1.09 bits per heavy atom. The maximum atomic E-state index is 12.5. The third-order valence-corrected chi connectivity index (χ3v) is 3.84. The number of para-hydroxylation sites is 1. The van der Waals surface area contributed by atoms with Crippen molar-refractivity contribution in [3.8, 4) is 17.1 Å². The van der Waals surface area contributed by atoms with Crippen molar-refractivity contribution in [3.63, 3.8) is 0 Å². The zero-order chi connectivity index (χ0) is 15.6. The normalized spacial score (nSPS) is 15.7. The second-order valence-electron chi connectivity index (χ2n) is 5.33. The topological polar surface area (TPSA) is 64.4 Å². The molecule has 1 aliphatic heterocycles. The van der Waals surface area contributed by atoms with Crippen LogP contribution in [0.2, 0.25) is 0 Å². The predicted molar refractivity (Wildman–Crippen MR) is 85.2 cm³/mol. The summed E-state index contributed by atoms with van der Waals surface area (Å²) in [6.07, 6.45) is 0. The number of carbonyl (C=O) groups is 1. The van der Waals surface area contributed by atoms with Gasteiger partial charge in [0.1, 0.15) is 18.3 Å². The second-order valence-corrected chi connectivity index (χ2v) is 5.33. The minimum Gasteiger partial charge on any atom is -0.492 e. The lowest BCUT2D eigenvalue weighted by molar-refractivity contribution is -0.117. The van der Waals surface area contributed by atoms with Crippen molar-refractivity contribution >= 4 is 11.7 Å². The lowest BCUT2D eigenvalue weighted by atomic mass is 10.0. The van der Waals surface area contributed by atoms with E-state index in [1.807, 2.05) is 54.6 Å². The molecule has 0 aliphatic carbocycles. The fourth-order valence-electron chi connectivity index (χ4n) is 2.67. The molecule has 0 fully saturated rings. The number of hydrogen-bond donors (Lipinski definition) is 1. The smallest absolute Gasteiger partial charge is 0.236 e. The molecule has 114 valence electrons. The van der Waals surface area contributed by atoms with Gasteiger partial charge in [0, 0.05) is 17.2 Å². The monoisotopic (exact) mass is 306 g/mol. The molecule has 1 N–H and O–H groups in total. The van der Waals surface area contributed by atoms with Crippen LogP contribution in [0.3, 0.4) is 0 Å². The van der Waals surface area contributed by atoms with Crippen LogP contribution in [0, 0.1) is 0 Å². The standard InChI is InChI=1S/C18H14N2O3/c21-18(14-11-22-15-9-5-4-8-13(14)15)19-17-10-16(23-20-17)12-6-2-1-3-7-12/h1-10,14H,11H2,(H,19,20,21)/t14-/m1/s1. The third kappa shape index (κ3) is 2.57. The number of rotatable bonds is 3. The zero-order valence-electron chi connectivity index (χ0n) is 12.2. The summed E-state index contributed by atoms with van der Waals surface area (Å²) in [6.45, 7) is 0.342. The number of aromatic nitrogens is 1. The minimum atomic E-state index is -0.330. The van der Waals surface area contributed by atoms with Crippen molar-refractivity contribution in [2.75, 3.05) is 11.9 Å². The largest absolute Gasteiger partial charge is 0.492 e. The minimum absolute atomic E-state index is 0.150. The van der Waals surface area contributed by atoms with Gasteiger partial charge in [-0.1, -0.05) is 53.7 Å². The van der Waals surface area contributed by atoms with Crippen molar-refractivity contribution in [3.05, 3.63) is 66.2 Å². The molecule has 23 heavy (non-hydrogen) atoms. The van der Waals surface area contributed by atoms with E-state index in [4.69, 9.17) is 9.26 Å². The van der Waals surface area contributed by atoms with Gasteiger partial charge in [-0.05, 0) is 6.07 Å². The summed E-state index contributed by atoms with van der Waals surface area (Å²) in [6, 6.07) is 18.9. The van der Waals surface area contributed by atoms with E-state index in [0.717, 1.165) is 16.9 Å². The average Bonchev–Trinajstić information content (AvgIpc) is 3.22. The average molecular weight is 306 g/mol. The summed E-state index contributed by atoms with van der Waals surface area (Å²) in [7, 11) is 0. The van der Waals surface area contributed by atoms with Crippen molar-refractivity contribution < 1.29 is 14.1 Å². The first kappa shape index (κ1) is 13.6. The van der Waals surface area contributed by atoms with Gasteiger partial charge >= 0.3 is 0 Å². The lowest BCUT2D eigenvalue weighted by Gasteiger charge is -2.07. The highest BCUT2D eigenvalue weighted by atomic mass is 16.5. The van der Waals surface area contributed by atoms with Crippen molar-refractivity contribution in [1.82, 2.24) is 5.16 Å². The molecule has 4 rings (SSSR count). The van der Waals surface area contributed by atoms with Gasteiger partial charge in [-0.2, -0.15) is 0 Å². The third-order valence-electron chi connectivity index (χ3n) is 3.84. The Morgan fingerprint density at radius 3 is 2.74 bits per heavy atom. The SMILES string of the molecule is O=C(Nc1cc(-c2ccccc2)on1)[C@@H]1COc2ccccc21. The van der Waals surface area contributed by atoms with E-state index in [1.54, 1.807) is 6.07 Å². The van der Waals surface area contributed by atoms with E-state index in [9.17, 15) is 4.79 Å². The fourth-order valence-corrected chi connectivity index (χ4v) is 2.67. The Morgan fingerprint density at radius 2 is 1.87 bits per heavy atom. The van der Waals surface area contributed by atoms with Gasteiger partial charge in [0.15, 0.2) is 11.6 Å². The first-order chi connectivity index (χ1) is 11.3. The number of amides is 1. The predicted octanol–water partition coefficient (Wildman–Crippen LogP) is 3.46. The van der Waals surface area contributed by atoms with Crippen LogP contribution in [-0.2, 0) is 4.79 Å². The highest BCUT2D eigenvalue weighted by molar-refractivity contribution is 5.96. The summed E-state index contributed by atoms with van der Waals surface area (Å²) < 4.78 is 10.8. The summed E-state index contributed by atoms with van der Waals surface area (Å²) in [5.41, 5.74) is 1.81. The van der Waals surface area contributed by atoms with Crippen LogP contribution in [0.25, 0.3) is 11.3 Å². The van der Waals surface area contributed by atoms with Crippen molar-refractivity contribution in [2.45, 2.75) is 5.92 Å². The Kier molecular flexibility index (Phi) is 3.31. The Labute approximate surface area is 132 Å². The molecule has 0 radical (unpaired) electrons. The van der Waals surface area contributed by atoms with Crippen LogP contribution in [-0.4, -0.2) is 17.7 Å². The molecular formula is C18H14N2O3. The van der Waals surface area contributed by atoms with Crippen molar-refractivity contribution in [2.24, 2.45) is 0 Å². The first-order valence-corrected chi connectivity index (χ1v) is 7.36. The van der Waals surface area contributed by atoms with E-state index >= 15 is 0 Å². The molecular weight excluding hydrogens is 292 g/mol. The summed E-state index contributed by atoms with van der Waals surface area (Å²) >= 11 is 0. The van der Waals surface area contributed by atoms with Crippen LogP contribution >= 0.6 is 0 Å². The number of hydrogen-bond acceptors (Lipinski definition) is 4. The van der Waals surface area contributed by atoms with E-state index in [1.165, 1.54) is 0 Å². The number of anilines is 1. The molecule has 1 atom stereocenters. The van der Waals surface area contributed by atoms with E-state index in [-0.39, 0.29) is 11.8 Å².